The quantitative estimate of drug-likeness (QED) is 0.755. The van der Waals surface area contributed by atoms with Crippen LogP contribution in [-0.2, 0) is 9.59 Å². The maximum Gasteiger partial charge on any atom is 0.256 e. The molecular weight excluding hydrogens is 348 g/mol. The van der Waals surface area contributed by atoms with Gasteiger partial charge in [-0.1, -0.05) is 0 Å². The Hall–Kier alpha value is -3.22. The van der Waals surface area contributed by atoms with Gasteiger partial charge in [0.05, 0.1) is 38.6 Å². The fraction of sp³-hybridized carbons (Fsp3) is 0.300. The van der Waals surface area contributed by atoms with Gasteiger partial charge in [-0.15, -0.1) is 0 Å². The van der Waals surface area contributed by atoms with Gasteiger partial charge < -0.3 is 19.5 Å². The van der Waals surface area contributed by atoms with Crippen molar-refractivity contribution in [2.75, 3.05) is 31.0 Å². The SMILES string of the molecule is CCOc1ccc(N2C(=O)C[C@H](Nc3ccc(OC)cc3OC)C2=O)cc1. The number of methoxy groups -OCH3 is 2. The normalized spacial score (nSPS) is 16.4. The van der Waals surface area contributed by atoms with E-state index in [9.17, 15) is 9.59 Å². The van der Waals surface area contributed by atoms with E-state index in [2.05, 4.69) is 5.32 Å². The van der Waals surface area contributed by atoms with Gasteiger partial charge in [0, 0.05) is 6.07 Å². The van der Waals surface area contributed by atoms with Crippen LogP contribution in [0.25, 0.3) is 0 Å². The highest BCUT2D eigenvalue weighted by Gasteiger charge is 2.39. The van der Waals surface area contributed by atoms with Gasteiger partial charge in [0.25, 0.3) is 5.91 Å². The van der Waals surface area contributed by atoms with Crippen LogP contribution in [0.15, 0.2) is 42.5 Å². The second-order valence-corrected chi connectivity index (χ2v) is 5.96. The van der Waals surface area contributed by atoms with Crippen molar-refractivity contribution in [2.24, 2.45) is 0 Å². The lowest BCUT2D eigenvalue weighted by Gasteiger charge is -2.18. The molecule has 1 saturated heterocycles. The number of imide groups is 1. The number of nitrogens with zero attached hydrogens (tertiary/aromatic N) is 1. The first kappa shape index (κ1) is 18.6. The summed E-state index contributed by atoms with van der Waals surface area (Å²) in [5, 5.41) is 3.11. The maximum atomic E-state index is 12.8. The first-order valence-corrected chi connectivity index (χ1v) is 8.65. The van der Waals surface area contributed by atoms with Crippen molar-refractivity contribution in [3.8, 4) is 17.2 Å². The van der Waals surface area contributed by atoms with E-state index in [0.29, 0.717) is 35.2 Å². The zero-order valence-electron chi connectivity index (χ0n) is 15.5. The average Bonchev–Trinajstić information content (AvgIpc) is 2.96. The van der Waals surface area contributed by atoms with Crippen LogP contribution in [-0.4, -0.2) is 38.7 Å². The number of hydrogen-bond acceptors (Lipinski definition) is 6. The molecule has 0 saturated carbocycles. The number of anilines is 2. The fourth-order valence-electron chi connectivity index (χ4n) is 2.98. The molecule has 2 amide bonds. The highest BCUT2D eigenvalue weighted by atomic mass is 16.5. The van der Waals surface area contributed by atoms with Crippen molar-refractivity contribution in [1.29, 1.82) is 0 Å². The van der Waals surface area contributed by atoms with Gasteiger partial charge in [0.1, 0.15) is 23.3 Å². The zero-order chi connectivity index (χ0) is 19.4. The van der Waals surface area contributed by atoms with Gasteiger partial charge >= 0.3 is 0 Å². The Labute approximate surface area is 157 Å². The summed E-state index contributed by atoms with van der Waals surface area (Å²) in [6.45, 7) is 2.45. The Morgan fingerprint density at radius 1 is 1.04 bits per heavy atom. The Morgan fingerprint density at radius 3 is 2.37 bits per heavy atom. The van der Waals surface area contributed by atoms with Gasteiger partial charge in [0.15, 0.2) is 0 Å². The summed E-state index contributed by atoms with van der Waals surface area (Å²) in [6.07, 6.45) is 0.0707. The molecule has 1 fully saturated rings. The fourth-order valence-corrected chi connectivity index (χ4v) is 2.98. The van der Waals surface area contributed by atoms with Crippen LogP contribution in [0, 0.1) is 0 Å². The van der Waals surface area contributed by atoms with E-state index in [1.807, 2.05) is 6.92 Å². The minimum absolute atomic E-state index is 0.0707. The largest absolute Gasteiger partial charge is 0.497 e. The summed E-state index contributed by atoms with van der Waals surface area (Å²) < 4.78 is 15.9. The Balaban J connectivity index is 1.78. The van der Waals surface area contributed by atoms with Gasteiger partial charge in [-0.3, -0.25) is 9.59 Å². The maximum absolute atomic E-state index is 12.8. The highest BCUT2D eigenvalue weighted by molar-refractivity contribution is 6.23. The van der Waals surface area contributed by atoms with Crippen LogP contribution in [0.3, 0.4) is 0 Å². The van der Waals surface area contributed by atoms with Crippen LogP contribution in [0.5, 0.6) is 17.2 Å². The van der Waals surface area contributed by atoms with Crippen molar-refractivity contribution in [3.05, 3.63) is 42.5 Å². The molecule has 2 aromatic rings. The molecule has 1 aliphatic rings. The monoisotopic (exact) mass is 370 g/mol. The molecule has 0 bridgehead atoms. The molecule has 27 heavy (non-hydrogen) atoms. The van der Waals surface area contributed by atoms with Gasteiger partial charge in [-0.25, -0.2) is 4.90 Å². The van der Waals surface area contributed by atoms with Crippen molar-refractivity contribution < 1.29 is 23.8 Å². The van der Waals surface area contributed by atoms with E-state index in [1.165, 1.54) is 12.0 Å². The Bertz CT molecular complexity index is 835. The van der Waals surface area contributed by atoms with E-state index in [-0.39, 0.29) is 18.2 Å². The lowest BCUT2D eigenvalue weighted by Crippen LogP contribution is -2.34. The summed E-state index contributed by atoms with van der Waals surface area (Å²) >= 11 is 0. The third-order valence-electron chi connectivity index (χ3n) is 4.29. The molecule has 0 aromatic heterocycles. The van der Waals surface area contributed by atoms with Crippen LogP contribution >= 0.6 is 0 Å². The summed E-state index contributed by atoms with van der Waals surface area (Å²) in [7, 11) is 3.10. The molecule has 7 heteroatoms. The van der Waals surface area contributed by atoms with Crippen molar-refractivity contribution in [1.82, 2.24) is 0 Å². The first-order chi connectivity index (χ1) is 13.1. The summed E-state index contributed by atoms with van der Waals surface area (Å²) in [5.74, 6) is 1.31. The molecule has 3 rings (SSSR count). The molecule has 142 valence electrons. The standard InChI is InChI=1S/C20H22N2O5/c1-4-27-14-7-5-13(6-8-14)22-19(23)12-17(20(22)24)21-16-10-9-15(25-2)11-18(16)26-3/h5-11,17,21H,4,12H2,1-3H3/t17-/m0/s1. The van der Waals surface area contributed by atoms with Crippen LogP contribution in [0.4, 0.5) is 11.4 Å². The third kappa shape index (κ3) is 3.81. The molecule has 0 unspecified atom stereocenters. The van der Waals surface area contributed by atoms with E-state index >= 15 is 0 Å². The minimum atomic E-state index is -0.661. The van der Waals surface area contributed by atoms with Crippen LogP contribution in [0.2, 0.25) is 0 Å². The number of carbonyl (C=O) groups excluding carboxylic acids is 2. The molecule has 0 aliphatic carbocycles. The number of amides is 2. The van der Waals surface area contributed by atoms with Crippen molar-refractivity contribution in [3.63, 3.8) is 0 Å². The van der Waals surface area contributed by atoms with Crippen molar-refractivity contribution in [2.45, 2.75) is 19.4 Å². The zero-order valence-corrected chi connectivity index (χ0v) is 15.5. The molecule has 1 aliphatic heterocycles. The molecule has 7 nitrogen and oxygen atoms in total. The van der Waals surface area contributed by atoms with Gasteiger partial charge in [-0.05, 0) is 43.3 Å². The number of hydrogen-bond donors (Lipinski definition) is 1. The second-order valence-electron chi connectivity index (χ2n) is 5.96. The third-order valence-corrected chi connectivity index (χ3v) is 4.29. The van der Waals surface area contributed by atoms with E-state index in [4.69, 9.17) is 14.2 Å². The smallest absolute Gasteiger partial charge is 0.256 e. The first-order valence-electron chi connectivity index (χ1n) is 8.65. The lowest BCUT2D eigenvalue weighted by molar-refractivity contribution is -0.121. The van der Waals surface area contributed by atoms with Gasteiger partial charge in [0.2, 0.25) is 5.91 Å². The topological polar surface area (TPSA) is 77.1 Å². The molecule has 1 heterocycles. The average molecular weight is 370 g/mol. The molecular formula is C20H22N2O5. The molecule has 0 radical (unpaired) electrons. The predicted molar refractivity (Wildman–Crippen MR) is 102 cm³/mol. The number of nitrogens with one attached hydrogen (secondary N) is 1. The van der Waals surface area contributed by atoms with E-state index in [0.717, 1.165) is 0 Å². The number of carbonyl (C=O) groups is 2. The minimum Gasteiger partial charge on any atom is -0.497 e. The lowest BCUT2D eigenvalue weighted by atomic mass is 10.2. The summed E-state index contributed by atoms with van der Waals surface area (Å²) in [5.41, 5.74) is 1.15. The molecule has 1 N–H and O–H groups in total. The number of ether oxygens (including phenoxy) is 3. The molecule has 0 spiro atoms. The van der Waals surface area contributed by atoms with Crippen molar-refractivity contribution >= 4 is 23.2 Å². The second kappa shape index (κ2) is 7.99. The Kier molecular flexibility index (Phi) is 5.49. The molecule has 1 atom stereocenters. The van der Waals surface area contributed by atoms with Crippen LogP contribution < -0.4 is 24.4 Å². The number of benzene rings is 2. The predicted octanol–water partition coefficient (Wildman–Crippen LogP) is 2.85. The van der Waals surface area contributed by atoms with E-state index in [1.54, 1.807) is 49.6 Å². The van der Waals surface area contributed by atoms with Gasteiger partial charge in [-0.2, -0.15) is 0 Å². The highest BCUT2D eigenvalue weighted by Crippen LogP contribution is 2.32. The Morgan fingerprint density at radius 2 is 1.74 bits per heavy atom. The molecule has 2 aromatic carbocycles. The van der Waals surface area contributed by atoms with Crippen LogP contribution in [0.1, 0.15) is 13.3 Å². The summed E-state index contributed by atoms with van der Waals surface area (Å²) in [6, 6.07) is 11.5. The summed E-state index contributed by atoms with van der Waals surface area (Å²) in [4.78, 5) is 26.4. The number of rotatable bonds is 7. The van der Waals surface area contributed by atoms with E-state index < -0.39 is 6.04 Å².